The molecule has 0 saturated carbocycles. The van der Waals surface area contributed by atoms with Crippen LogP contribution in [0.1, 0.15) is 12.5 Å². The van der Waals surface area contributed by atoms with Crippen molar-refractivity contribution in [1.82, 2.24) is 0 Å². The van der Waals surface area contributed by atoms with E-state index < -0.39 is 0 Å². The van der Waals surface area contributed by atoms with Gasteiger partial charge in [0.2, 0.25) is 5.96 Å². The second kappa shape index (κ2) is 8.28. The standard InChI is InChI=1S/C16H17Cl2N3.ClH/c1-3-11-5-4-6-13(9-11)21(2)16(19)20-12-7-8-14(17)15(18)10-12;/h4-10H,3H2,1-2H3,(H2,19,20);1H. The van der Waals surface area contributed by atoms with Crippen molar-refractivity contribution >= 4 is 52.9 Å². The minimum atomic E-state index is 0. The molecule has 2 rings (SSSR count). The number of benzene rings is 2. The van der Waals surface area contributed by atoms with E-state index in [1.165, 1.54) is 5.56 Å². The van der Waals surface area contributed by atoms with E-state index in [2.05, 4.69) is 24.0 Å². The van der Waals surface area contributed by atoms with Crippen molar-refractivity contribution in [1.29, 1.82) is 0 Å². The van der Waals surface area contributed by atoms with Gasteiger partial charge in [-0.2, -0.15) is 0 Å². The molecule has 0 spiro atoms. The van der Waals surface area contributed by atoms with Gasteiger partial charge in [-0.05, 0) is 42.3 Å². The predicted molar refractivity (Wildman–Crippen MR) is 99.2 cm³/mol. The Bertz CT molecular complexity index is 671. The third-order valence-corrected chi connectivity index (χ3v) is 3.94. The van der Waals surface area contributed by atoms with Gasteiger partial charge >= 0.3 is 0 Å². The molecule has 2 N–H and O–H groups in total. The predicted octanol–water partition coefficient (Wildman–Crippen LogP) is 5.06. The Morgan fingerprint density at radius 2 is 1.86 bits per heavy atom. The highest BCUT2D eigenvalue weighted by Crippen LogP contribution is 2.27. The summed E-state index contributed by atoms with van der Waals surface area (Å²) in [5.74, 6) is 0.390. The third kappa shape index (κ3) is 4.54. The molecular formula is C16H18Cl3N3. The second-order valence-corrected chi connectivity index (χ2v) is 5.47. The maximum Gasteiger partial charge on any atom is 0.200 e. The van der Waals surface area contributed by atoms with Crippen LogP contribution in [-0.2, 0) is 6.42 Å². The molecule has 0 saturated heterocycles. The van der Waals surface area contributed by atoms with Gasteiger partial charge in [-0.3, -0.25) is 0 Å². The molecule has 0 unspecified atom stereocenters. The van der Waals surface area contributed by atoms with E-state index in [-0.39, 0.29) is 12.4 Å². The first-order valence-electron chi connectivity index (χ1n) is 6.63. The van der Waals surface area contributed by atoms with Crippen LogP contribution in [0.3, 0.4) is 0 Å². The number of nitrogens with zero attached hydrogens (tertiary/aromatic N) is 2. The van der Waals surface area contributed by atoms with Gasteiger partial charge < -0.3 is 10.6 Å². The highest BCUT2D eigenvalue weighted by atomic mass is 35.5. The van der Waals surface area contributed by atoms with E-state index >= 15 is 0 Å². The van der Waals surface area contributed by atoms with Crippen LogP contribution in [0.2, 0.25) is 10.0 Å². The van der Waals surface area contributed by atoms with Crippen molar-refractivity contribution in [3.05, 3.63) is 58.1 Å². The molecule has 2 aromatic carbocycles. The Balaban J connectivity index is 0.00000242. The van der Waals surface area contributed by atoms with Crippen LogP contribution >= 0.6 is 35.6 Å². The summed E-state index contributed by atoms with van der Waals surface area (Å²) in [6.07, 6.45) is 0.978. The highest BCUT2D eigenvalue weighted by Gasteiger charge is 2.06. The van der Waals surface area contributed by atoms with E-state index in [0.717, 1.165) is 12.1 Å². The van der Waals surface area contributed by atoms with E-state index in [1.54, 1.807) is 18.2 Å². The maximum atomic E-state index is 6.06. The zero-order valence-corrected chi connectivity index (χ0v) is 14.7. The fraction of sp³-hybridized carbons (Fsp3) is 0.188. The lowest BCUT2D eigenvalue weighted by molar-refractivity contribution is 1.13. The van der Waals surface area contributed by atoms with Gasteiger partial charge in [0.1, 0.15) is 0 Å². The molecule has 6 heteroatoms. The van der Waals surface area contributed by atoms with Crippen molar-refractivity contribution in [2.75, 3.05) is 11.9 Å². The quantitative estimate of drug-likeness (QED) is 0.615. The van der Waals surface area contributed by atoms with Gasteiger partial charge in [-0.1, -0.05) is 42.3 Å². The van der Waals surface area contributed by atoms with Gasteiger partial charge in [0.15, 0.2) is 0 Å². The molecule has 118 valence electrons. The lowest BCUT2D eigenvalue weighted by Crippen LogP contribution is -2.33. The zero-order valence-electron chi connectivity index (χ0n) is 12.4. The van der Waals surface area contributed by atoms with Crippen molar-refractivity contribution in [3.63, 3.8) is 0 Å². The summed E-state index contributed by atoms with van der Waals surface area (Å²) in [4.78, 5) is 6.21. The summed E-state index contributed by atoms with van der Waals surface area (Å²) in [6, 6.07) is 13.4. The van der Waals surface area contributed by atoms with Gasteiger partial charge in [0.05, 0.1) is 15.7 Å². The van der Waals surface area contributed by atoms with Crippen molar-refractivity contribution in [2.45, 2.75) is 13.3 Å². The Kier molecular flexibility index (Phi) is 7.01. The molecule has 0 atom stereocenters. The minimum Gasteiger partial charge on any atom is -0.369 e. The number of aliphatic imine (C=N–C) groups is 1. The minimum absolute atomic E-state index is 0. The normalized spacial score (nSPS) is 11.0. The van der Waals surface area contributed by atoms with E-state index in [0.29, 0.717) is 21.7 Å². The number of rotatable bonds is 3. The Hall–Kier alpha value is -1.42. The SMILES string of the molecule is CCc1cccc(N(C)C(N)=Nc2ccc(Cl)c(Cl)c2)c1.Cl. The second-order valence-electron chi connectivity index (χ2n) is 4.65. The largest absolute Gasteiger partial charge is 0.369 e. The fourth-order valence-electron chi connectivity index (χ4n) is 1.88. The Labute approximate surface area is 147 Å². The molecule has 22 heavy (non-hydrogen) atoms. The Morgan fingerprint density at radius 1 is 1.14 bits per heavy atom. The summed E-state index contributed by atoms with van der Waals surface area (Å²) in [5.41, 5.74) is 8.98. The average Bonchev–Trinajstić information content (AvgIpc) is 2.50. The zero-order chi connectivity index (χ0) is 15.4. The molecule has 0 aliphatic heterocycles. The number of hydrogen-bond donors (Lipinski definition) is 1. The van der Waals surface area contributed by atoms with Crippen molar-refractivity contribution < 1.29 is 0 Å². The highest BCUT2D eigenvalue weighted by molar-refractivity contribution is 6.42. The number of guanidine groups is 1. The van der Waals surface area contributed by atoms with Crippen LogP contribution in [0.5, 0.6) is 0 Å². The molecular weight excluding hydrogens is 341 g/mol. The van der Waals surface area contributed by atoms with Crippen LogP contribution in [-0.4, -0.2) is 13.0 Å². The fourth-order valence-corrected chi connectivity index (χ4v) is 2.17. The summed E-state index contributed by atoms with van der Waals surface area (Å²) >= 11 is 11.9. The molecule has 0 fully saturated rings. The van der Waals surface area contributed by atoms with Crippen LogP contribution < -0.4 is 10.6 Å². The lowest BCUT2D eigenvalue weighted by atomic mass is 10.1. The number of nitrogens with two attached hydrogens (primary N) is 1. The molecule has 0 amide bonds. The molecule has 0 aromatic heterocycles. The molecule has 0 heterocycles. The molecule has 2 aromatic rings. The molecule has 0 bridgehead atoms. The molecule has 0 aliphatic rings. The van der Waals surface area contributed by atoms with Crippen molar-refractivity contribution in [3.8, 4) is 0 Å². The number of halogens is 3. The number of anilines is 1. The average molecular weight is 359 g/mol. The van der Waals surface area contributed by atoms with Crippen LogP contribution in [0.15, 0.2) is 47.5 Å². The third-order valence-electron chi connectivity index (χ3n) is 3.20. The van der Waals surface area contributed by atoms with Crippen molar-refractivity contribution in [2.24, 2.45) is 10.7 Å². The molecule has 0 radical (unpaired) electrons. The summed E-state index contributed by atoms with van der Waals surface area (Å²) in [5, 5.41) is 0.958. The van der Waals surface area contributed by atoms with Crippen LogP contribution in [0.25, 0.3) is 0 Å². The van der Waals surface area contributed by atoms with Gasteiger partial charge in [0.25, 0.3) is 0 Å². The first kappa shape index (κ1) is 18.6. The van der Waals surface area contributed by atoms with E-state index in [1.807, 2.05) is 24.1 Å². The Morgan fingerprint density at radius 3 is 2.50 bits per heavy atom. The summed E-state index contributed by atoms with van der Waals surface area (Å²) in [6.45, 7) is 2.12. The van der Waals surface area contributed by atoms with Crippen LogP contribution in [0, 0.1) is 0 Å². The number of hydrogen-bond acceptors (Lipinski definition) is 1. The monoisotopic (exact) mass is 357 g/mol. The van der Waals surface area contributed by atoms with E-state index in [4.69, 9.17) is 28.9 Å². The van der Waals surface area contributed by atoms with Crippen LogP contribution in [0.4, 0.5) is 11.4 Å². The summed E-state index contributed by atoms with van der Waals surface area (Å²) < 4.78 is 0. The van der Waals surface area contributed by atoms with Gasteiger partial charge in [-0.25, -0.2) is 4.99 Å². The van der Waals surface area contributed by atoms with Gasteiger partial charge in [-0.15, -0.1) is 12.4 Å². The lowest BCUT2D eigenvalue weighted by Gasteiger charge is -2.19. The first-order chi connectivity index (χ1) is 10.0. The maximum absolute atomic E-state index is 6.06. The smallest absolute Gasteiger partial charge is 0.200 e. The molecule has 0 aliphatic carbocycles. The summed E-state index contributed by atoms with van der Waals surface area (Å²) in [7, 11) is 1.88. The van der Waals surface area contributed by atoms with Gasteiger partial charge in [0, 0.05) is 12.7 Å². The molecule has 3 nitrogen and oxygen atoms in total. The van der Waals surface area contributed by atoms with E-state index in [9.17, 15) is 0 Å². The first-order valence-corrected chi connectivity index (χ1v) is 7.38. The number of aryl methyl sites for hydroxylation is 1. The topological polar surface area (TPSA) is 41.6 Å².